The van der Waals surface area contributed by atoms with Crippen LogP contribution in [0.4, 0.5) is 11.8 Å². The first-order valence-electron chi connectivity index (χ1n) is 10.8. The zero-order valence-corrected chi connectivity index (χ0v) is 18.6. The van der Waals surface area contributed by atoms with E-state index in [1.807, 2.05) is 49.9 Å². The number of hydrogen-bond donors (Lipinski definition) is 1. The Labute approximate surface area is 187 Å². The number of aromatic nitrogens is 5. The van der Waals surface area contributed by atoms with Crippen LogP contribution in [0.15, 0.2) is 42.7 Å². The quantitative estimate of drug-likeness (QED) is 0.610. The average molecular weight is 430 g/mol. The van der Waals surface area contributed by atoms with Crippen molar-refractivity contribution in [1.82, 2.24) is 29.8 Å². The van der Waals surface area contributed by atoms with Gasteiger partial charge in [0, 0.05) is 48.2 Å². The minimum atomic E-state index is -0.171. The van der Waals surface area contributed by atoms with Gasteiger partial charge in [-0.25, -0.2) is 19.9 Å². The van der Waals surface area contributed by atoms with E-state index in [0.29, 0.717) is 24.1 Å². The second-order valence-electron chi connectivity index (χ2n) is 8.01. The lowest BCUT2D eigenvalue weighted by Crippen LogP contribution is -2.38. The topological polar surface area (TPSA) is 96.8 Å². The molecule has 1 atom stereocenters. The Bertz CT molecular complexity index is 1110. The van der Waals surface area contributed by atoms with Crippen LogP contribution in [0.25, 0.3) is 6.08 Å². The molecule has 8 nitrogen and oxygen atoms in total. The van der Waals surface area contributed by atoms with E-state index in [9.17, 15) is 4.79 Å². The number of aryl methyl sites for hydroxylation is 3. The van der Waals surface area contributed by atoms with Crippen molar-refractivity contribution in [2.45, 2.75) is 46.1 Å². The molecule has 32 heavy (non-hydrogen) atoms. The molecule has 3 aromatic rings. The maximum Gasteiger partial charge on any atom is 0.247 e. The Balaban J connectivity index is 1.57. The van der Waals surface area contributed by atoms with E-state index in [2.05, 4.69) is 25.3 Å². The van der Waals surface area contributed by atoms with Crippen LogP contribution in [0, 0.1) is 20.8 Å². The maximum atomic E-state index is 13.0. The average Bonchev–Trinajstić information content (AvgIpc) is 2.77. The number of hydrogen-bond acceptors (Lipinski definition) is 7. The largest absolute Gasteiger partial charge is 0.329 e. The van der Waals surface area contributed by atoms with Gasteiger partial charge >= 0.3 is 0 Å². The summed E-state index contributed by atoms with van der Waals surface area (Å²) >= 11 is 0. The van der Waals surface area contributed by atoms with Gasteiger partial charge in [-0.15, -0.1) is 0 Å². The lowest BCUT2D eigenvalue weighted by molar-refractivity contribution is -0.129. The summed E-state index contributed by atoms with van der Waals surface area (Å²) in [6.45, 7) is 6.47. The van der Waals surface area contributed by atoms with Crippen molar-refractivity contribution in [1.29, 1.82) is 0 Å². The van der Waals surface area contributed by atoms with Crippen LogP contribution in [0.5, 0.6) is 0 Å². The SMILES string of the molecule is Cc1cc(C)nc(Nc2cc(C)nc([C@H]3CCCCN3C(=O)/C=C/c3cccnc3)n2)n1. The molecule has 1 N–H and O–H groups in total. The van der Waals surface area contributed by atoms with Gasteiger partial charge in [-0.3, -0.25) is 9.78 Å². The highest BCUT2D eigenvalue weighted by Gasteiger charge is 2.29. The van der Waals surface area contributed by atoms with Crippen LogP contribution in [0.1, 0.15) is 53.8 Å². The van der Waals surface area contributed by atoms with Gasteiger partial charge in [0.15, 0.2) is 5.82 Å². The Morgan fingerprint density at radius 3 is 2.59 bits per heavy atom. The normalized spacial score (nSPS) is 16.3. The van der Waals surface area contributed by atoms with Crippen molar-refractivity contribution in [3.8, 4) is 0 Å². The van der Waals surface area contributed by atoms with Crippen molar-refractivity contribution in [3.05, 3.63) is 71.2 Å². The van der Waals surface area contributed by atoms with Crippen LogP contribution in [0.3, 0.4) is 0 Å². The van der Waals surface area contributed by atoms with E-state index in [-0.39, 0.29) is 11.9 Å². The molecule has 0 unspecified atom stereocenters. The summed E-state index contributed by atoms with van der Waals surface area (Å²) in [4.78, 5) is 37.2. The molecule has 0 bridgehead atoms. The number of carbonyl (C=O) groups excluding carboxylic acids is 1. The predicted molar refractivity (Wildman–Crippen MR) is 123 cm³/mol. The van der Waals surface area contributed by atoms with E-state index in [1.165, 1.54) is 0 Å². The van der Waals surface area contributed by atoms with Crippen molar-refractivity contribution in [3.63, 3.8) is 0 Å². The summed E-state index contributed by atoms with van der Waals surface area (Å²) in [5, 5.41) is 3.20. The lowest BCUT2D eigenvalue weighted by atomic mass is 10.0. The number of pyridine rings is 1. The smallest absolute Gasteiger partial charge is 0.247 e. The van der Waals surface area contributed by atoms with Gasteiger partial charge < -0.3 is 10.2 Å². The molecule has 1 aliphatic heterocycles. The maximum absolute atomic E-state index is 13.0. The first kappa shape index (κ1) is 21.5. The number of carbonyl (C=O) groups is 1. The fraction of sp³-hybridized carbons (Fsp3) is 0.333. The molecule has 0 aliphatic carbocycles. The number of anilines is 2. The van der Waals surface area contributed by atoms with E-state index < -0.39 is 0 Å². The van der Waals surface area contributed by atoms with Gasteiger partial charge in [-0.2, -0.15) is 0 Å². The predicted octanol–water partition coefficient (Wildman–Crippen LogP) is 4.10. The zero-order valence-electron chi connectivity index (χ0n) is 18.6. The molecule has 164 valence electrons. The van der Waals surface area contributed by atoms with E-state index in [0.717, 1.165) is 41.9 Å². The second kappa shape index (κ2) is 9.64. The Morgan fingerprint density at radius 1 is 1.06 bits per heavy atom. The highest BCUT2D eigenvalue weighted by atomic mass is 16.2. The van der Waals surface area contributed by atoms with E-state index >= 15 is 0 Å². The third-order valence-electron chi connectivity index (χ3n) is 5.28. The molecular formula is C24H27N7O. The molecule has 0 spiro atoms. The molecule has 1 fully saturated rings. The molecule has 1 amide bonds. The standard InChI is InChI=1S/C24H27N7O/c1-16-13-17(2)28-24(27-16)30-21-14-18(3)26-23(29-21)20-8-4-5-12-31(20)22(32)10-9-19-7-6-11-25-15-19/h6-7,9-11,13-15,20H,4-5,8,12H2,1-3H3,(H,26,27,28,29,30)/b10-9+/t20-/m1/s1. The summed E-state index contributed by atoms with van der Waals surface area (Å²) in [6, 6.07) is 7.38. The first-order valence-corrected chi connectivity index (χ1v) is 10.8. The Morgan fingerprint density at radius 2 is 1.84 bits per heavy atom. The Kier molecular flexibility index (Phi) is 6.49. The third kappa shape index (κ3) is 5.32. The number of nitrogens with one attached hydrogen (secondary N) is 1. The first-order chi connectivity index (χ1) is 15.5. The molecular weight excluding hydrogens is 402 g/mol. The zero-order chi connectivity index (χ0) is 22.5. The van der Waals surface area contributed by atoms with Crippen molar-refractivity contribution >= 4 is 23.7 Å². The van der Waals surface area contributed by atoms with Crippen LogP contribution in [-0.4, -0.2) is 42.3 Å². The molecule has 0 aromatic carbocycles. The van der Waals surface area contributed by atoms with E-state index in [4.69, 9.17) is 4.98 Å². The van der Waals surface area contributed by atoms with Crippen LogP contribution in [0.2, 0.25) is 0 Å². The van der Waals surface area contributed by atoms with Gasteiger partial charge in [-0.1, -0.05) is 6.07 Å². The molecule has 1 aliphatic rings. The van der Waals surface area contributed by atoms with Crippen molar-refractivity contribution in [2.24, 2.45) is 0 Å². The molecule has 3 aromatic heterocycles. The highest BCUT2D eigenvalue weighted by Crippen LogP contribution is 2.30. The molecule has 4 rings (SSSR count). The monoisotopic (exact) mass is 429 g/mol. The molecule has 0 saturated carbocycles. The number of amides is 1. The number of nitrogens with zero attached hydrogens (tertiary/aromatic N) is 6. The summed E-state index contributed by atoms with van der Waals surface area (Å²) in [7, 11) is 0. The van der Waals surface area contributed by atoms with Crippen molar-refractivity contribution < 1.29 is 4.79 Å². The van der Waals surface area contributed by atoms with Gasteiger partial charge in [0.25, 0.3) is 0 Å². The van der Waals surface area contributed by atoms with Crippen LogP contribution in [-0.2, 0) is 4.79 Å². The summed E-state index contributed by atoms with van der Waals surface area (Å²) in [5.41, 5.74) is 3.48. The second-order valence-corrected chi connectivity index (χ2v) is 8.01. The van der Waals surface area contributed by atoms with Crippen molar-refractivity contribution in [2.75, 3.05) is 11.9 Å². The lowest BCUT2D eigenvalue weighted by Gasteiger charge is -2.34. The molecule has 1 saturated heterocycles. The number of piperidine rings is 1. The number of likely N-dealkylation sites (tertiary alicyclic amines) is 1. The molecule has 0 radical (unpaired) electrons. The van der Waals surface area contributed by atoms with Gasteiger partial charge in [0.2, 0.25) is 11.9 Å². The Hall–Kier alpha value is -3.68. The van der Waals surface area contributed by atoms with Gasteiger partial charge in [0.1, 0.15) is 5.82 Å². The summed E-state index contributed by atoms with van der Waals surface area (Å²) in [6.07, 6.45) is 9.67. The van der Waals surface area contributed by atoms with Gasteiger partial charge in [0.05, 0.1) is 6.04 Å². The third-order valence-corrected chi connectivity index (χ3v) is 5.28. The fourth-order valence-corrected chi connectivity index (χ4v) is 3.90. The minimum Gasteiger partial charge on any atom is -0.329 e. The van der Waals surface area contributed by atoms with Crippen LogP contribution >= 0.6 is 0 Å². The fourth-order valence-electron chi connectivity index (χ4n) is 3.90. The molecule has 8 heteroatoms. The summed E-state index contributed by atoms with van der Waals surface area (Å²) in [5.74, 6) is 1.72. The molecule has 4 heterocycles. The van der Waals surface area contributed by atoms with E-state index in [1.54, 1.807) is 24.5 Å². The van der Waals surface area contributed by atoms with Crippen LogP contribution < -0.4 is 5.32 Å². The minimum absolute atomic E-state index is 0.0455. The van der Waals surface area contributed by atoms with Gasteiger partial charge in [-0.05, 0) is 63.8 Å². The highest BCUT2D eigenvalue weighted by molar-refractivity contribution is 5.92. The number of rotatable bonds is 5. The summed E-state index contributed by atoms with van der Waals surface area (Å²) < 4.78 is 0.